The molecular weight excluding hydrogens is 208 g/mol. The Balaban J connectivity index is 1.98. The van der Waals surface area contributed by atoms with E-state index in [0.29, 0.717) is 5.54 Å². The van der Waals surface area contributed by atoms with Crippen molar-refractivity contribution in [3.8, 4) is 0 Å². The van der Waals surface area contributed by atoms with Crippen LogP contribution in [0.15, 0.2) is 12.3 Å². The summed E-state index contributed by atoms with van der Waals surface area (Å²) >= 11 is 0. The first-order valence-corrected chi connectivity index (χ1v) is 7.17. The van der Waals surface area contributed by atoms with Crippen LogP contribution in [0.5, 0.6) is 0 Å². The Hall–Kier alpha value is -0.760. The van der Waals surface area contributed by atoms with E-state index in [-0.39, 0.29) is 6.04 Å². The van der Waals surface area contributed by atoms with E-state index in [1.54, 1.807) is 0 Å². The number of nitrogens with zero attached hydrogens (tertiary/aromatic N) is 1. The van der Waals surface area contributed by atoms with Gasteiger partial charge in [-0.15, -0.1) is 0 Å². The molecule has 0 aromatic carbocycles. The van der Waals surface area contributed by atoms with Gasteiger partial charge in [0.15, 0.2) is 0 Å². The van der Waals surface area contributed by atoms with Gasteiger partial charge in [-0.3, -0.25) is 0 Å². The number of hydrogen-bond acceptors (Lipinski definition) is 1. The number of hydrogen-bond donors (Lipinski definition) is 1. The highest BCUT2D eigenvalue weighted by atomic mass is 15.1. The number of nitrogens with two attached hydrogens (primary N) is 1. The molecule has 0 aliphatic heterocycles. The lowest BCUT2D eigenvalue weighted by atomic mass is 9.82. The lowest BCUT2D eigenvalue weighted by molar-refractivity contribution is 0.212. The molecule has 2 N–H and O–H groups in total. The third-order valence-corrected chi connectivity index (χ3v) is 4.87. The number of fused-ring (bicyclic) bond motifs is 1. The van der Waals surface area contributed by atoms with E-state index in [1.807, 2.05) is 0 Å². The maximum absolute atomic E-state index is 6.22. The fraction of sp³-hybridized carbons (Fsp3) is 0.733. The minimum Gasteiger partial charge on any atom is -0.345 e. The zero-order valence-corrected chi connectivity index (χ0v) is 10.9. The normalized spacial score (nSPS) is 27.8. The molecule has 0 saturated heterocycles. The minimum atomic E-state index is 0.284. The summed E-state index contributed by atoms with van der Waals surface area (Å²) in [5.74, 6) is 0. The molecule has 0 bridgehead atoms. The highest BCUT2D eigenvalue weighted by molar-refractivity contribution is 5.29. The van der Waals surface area contributed by atoms with Gasteiger partial charge < -0.3 is 10.3 Å². The van der Waals surface area contributed by atoms with Gasteiger partial charge in [-0.1, -0.05) is 19.3 Å². The molecule has 1 aromatic rings. The van der Waals surface area contributed by atoms with Gasteiger partial charge in [-0.05, 0) is 50.7 Å². The van der Waals surface area contributed by atoms with Crippen LogP contribution in [0.3, 0.4) is 0 Å². The first-order valence-electron chi connectivity index (χ1n) is 7.17. The zero-order valence-electron chi connectivity index (χ0n) is 10.9. The highest BCUT2D eigenvalue weighted by Crippen LogP contribution is 2.39. The van der Waals surface area contributed by atoms with Gasteiger partial charge in [0, 0.05) is 23.5 Å². The standard InChI is InChI=1S/C15H24N2/c1-15(9-3-2-4-10-15)17-11-8-12-13(16)6-5-7-14(12)17/h8,11,13H,2-7,9-10,16H2,1H3. The van der Waals surface area contributed by atoms with Crippen LogP contribution in [-0.4, -0.2) is 4.57 Å². The molecule has 3 rings (SSSR count). The minimum absolute atomic E-state index is 0.284. The van der Waals surface area contributed by atoms with E-state index in [4.69, 9.17) is 5.73 Å². The summed E-state index contributed by atoms with van der Waals surface area (Å²) in [4.78, 5) is 0. The van der Waals surface area contributed by atoms with Gasteiger partial charge in [-0.2, -0.15) is 0 Å². The van der Waals surface area contributed by atoms with Gasteiger partial charge >= 0.3 is 0 Å². The average Bonchev–Trinajstić information content (AvgIpc) is 2.76. The molecular formula is C15H24N2. The molecule has 2 nitrogen and oxygen atoms in total. The molecule has 1 aromatic heterocycles. The largest absolute Gasteiger partial charge is 0.345 e. The summed E-state index contributed by atoms with van der Waals surface area (Å²) in [6.45, 7) is 2.44. The molecule has 94 valence electrons. The lowest BCUT2D eigenvalue weighted by Crippen LogP contribution is -2.34. The van der Waals surface area contributed by atoms with Gasteiger partial charge in [0.25, 0.3) is 0 Å². The van der Waals surface area contributed by atoms with E-state index < -0.39 is 0 Å². The van der Waals surface area contributed by atoms with Crippen molar-refractivity contribution < 1.29 is 0 Å². The average molecular weight is 232 g/mol. The van der Waals surface area contributed by atoms with Crippen molar-refractivity contribution in [2.24, 2.45) is 5.73 Å². The molecule has 2 aliphatic carbocycles. The molecule has 0 radical (unpaired) electrons. The SMILES string of the molecule is CC1(n2ccc3c2CCCC3N)CCCCC1. The Labute approximate surface area is 104 Å². The number of rotatable bonds is 1. The molecule has 2 aliphatic rings. The molecule has 17 heavy (non-hydrogen) atoms. The predicted molar refractivity (Wildman–Crippen MR) is 71.0 cm³/mol. The van der Waals surface area contributed by atoms with Crippen LogP contribution in [-0.2, 0) is 12.0 Å². The van der Waals surface area contributed by atoms with Crippen molar-refractivity contribution in [1.29, 1.82) is 0 Å². The van der Waals surface area contributed by atoms with Gasteiger partial charge in [0.1, 0.15) is 0 Å². The molecule has 1 unspecified atom stereocenters. The number of aromatic nitrogens is 1. The summed E-state index contributed by atoms with van der Waals surface area (Å²) in [7, 11) is 0. The van der Waals surface area contributed by atoms with Crippen molar-refractivity contribution in [2.75, 3.05) is 0 Å². The van der Waals surface area contributed by atoms with Crippen LogP contribution in [0.25, 0.3) is 0 Å². The van der Waals surface area contributed by atoms with Crippen LogP contribution >= 0.6 is 0 Å². The Morgan fingerprint density at radius 2 is 2.00 bits per heavy atom. The van der Waals surface area contributed by atoms with E-state index in [2.05, 4.69) is 23.8 Å². The van der Waals surface area contributed by atoms with Crippen LogP contribution in [0, 0.1) is 0 Å². The fourth-order valence-corrected chi connectivity index (χ4v) is 3.79. The fourth-order valence-electron chi connectivity index (χ4n) is 3.79. The zero-order chi connectivity index (χ0) is 11.9. The molecule has 0 amide bonds. The first kappa shape index (κ1) is 11.3. The van der Waals surface area contributed by atoms with Crippen molar-refractivity contribution >= 4 is 0 Å². The van der Waals surface area contributed by atoms with Crippen LogP contribution < -0.4 is 5.73 Å². The maximum Gasteiger partial charge on any atom is 0.0414 e. The van der Waals surface area contributed by atoms with E-state index in [0.717, 1.165) is 6.42 Å². The Bertz CT molecular complexity index is 399. The van der Waals surface area contributed by atoms with E-state index in [1.165, 1.54) is 56.2 Å². The van der Waals surface area contributed by atoms with Crippen LogP contribution in [0.4, 0.5) is 0 Å². The summed E-state index contributed by atoms with van der Waals surface area (Å²) < 4.78 is 2.57. The third kappa shape index (κ3) is 1.83. The second-order valence-electron chi connectivity index (χ2n) is 6.14. The first-order chi connectivity index (χ1) is 8.21. The predicted octanol–water partition coefficient (Wildman–Crippen LogP) is 3.50. The molecule has 1 heterocycles. The summed E-state index contributed by atoms with van der Waals surface area (Å²) in [6, 6.07) is 2.56. The van der Waals surface area contributed by atoms with E-state index in [9.17, 15) is 0 Å². The summed E-state index contributed by atoms with van der Waals surface area (Å²) in [5.41, 5.74) is 9.54. The highest BCUT2D eigenvalue weighted by Gasteiger charge is 2.32. The monoisotopic (exact) mass is 232 g/mol. The van der Waals surface area contributed by atoms with Gasteiger partial charge in [0.05, 0.1) is 0 Å². The Morgan fingerprint density at radius 1 is 1.24 bits per heavy atom. The van der Waals surface area contributed by atoms with Gasteiger partial charge in [-0.25, -0.2) is 0 Å². The van der Waals surface area contributed by atoms with Crippen LogP contribution in [0.2, 0.25) is 0 Å². The summed E-state index contributed by atoms with van der Waals surface area (Å²) in [5, 5.41) is 0. The maximum atomic E-state index is 6.22. The lowest BCUT2D eigenvalue weighted by Gasteiger charge is -2.38. The smallest absolute Gasteiger partial charge is 0.0414 e. The molecule has 2 heteroatoms. The quantitative estimate of drug-likeness (QED) is 0.789. The van der Waals surface area contributed by atoms with Crippen molar-refractivity contribution in [3.63, 3.8) is 0 Å². The van der Waals surface area contributed by atoms with Crippen molar-refractivity contribution in [3.05, 3.63) is 23.5 Å². The molecule has 0 spiro atoms. The molecule has 1 saturated carbocycles. The van der Waals surface area contributed by atoms with Gasteiger partial charge in [0.2, 0.25) is 0 Å². The second kappa shape index (κ2) is 4.16. The topological polar surface area (TPSA) is 30.9 Å². The van der Waals surface area contributed by atoms with Crippen molar-refractivity contribution in [1.82, 2.24) is 4.57 Å². The Kier molecular flexibility index (Phi) is 2.78. The summed E-state index contributed by atoms with van der Waals surface area (Å²) in [6.07, 6.45) is 12.8. The van der Waals surface area contributed by atoms with Crippen molar-refractivity contribution in [2.45, 2.75) is 69.9 Å². The molecule has 1 fully saturated rings. The third-order valence-electron chi connectivity index (χ3n) is 4.87. The second-order valence-corrected chi connectivity index (χ2v) is 6.14. The molecule has 1 atom stereocenters. The van der Waals surface area contributed by atoms with Crippen LogP contribution in [0.1, 0.15) is 69.2 Å². The van der Waals surface area contributed by atoms with E-state index >= 15 is 0 Å². The Morgan fingerprint density at radius 3 is 2.76 bits per heavy atom.